The normalized spacial score (nSPS) is 47.1. The quantitative estimate of drug-likeness (QED) is 0.510. The lowest BCUT2D eigenvalue weighted by molar-refractivity contribution is 0.101. The lowest BCUT2D eigenvalue weighted by Gasteiger charge is -2.27. The Labute approximate surface area is 61.6 Å². The summed E-state index contributed by atoms with van der Waals surface area (Å²) in [5, 5.41) is 12.9. The van der Waals surface area contributed by atoms with Gasteiger partial charge in [0.15, 0.2) is 0 Å². The van der Waals surface area contributed by atoms with Crippen LogP contribution in [0.15, 0.2) is 0 Å². The Balaban J connectivity index is 2.01. The molecule has 0 aromatic heterocycles. The third-order valence-corrected chi connectivity index (χ3v) is 2.99. The van der Waals surface area contributed by atoms with E-state index in [1.807, 2.05) is 0 Å². The van der Waals surface area contributed by atoms with Gasteiger partial charge in [0.25, 0.3) is 0 Å². The predicted octanol–water partition coefficient (Wildman–Crippen LogP) is 0.367. The van der Waals surface area contributed by atoms with Crippen LogP contribution >= 0.6 is 0 Å². The zero-order valence-corrected chi connectivity index (χ0v) is 6.21. The highest BCUT2D eigenvalue weighted by molar-refractivity contribution is 4.88. The molecule has 0 aromatic rings. The van der Waals surface area contributed by atoms with Gasteiger partial charge in [0, 0.05) is 0 Å². The Bertz CT molecular complexity index is 124. The third-order valence-electron chi connectivity index (χ3n) is 2.99. The van der Waals surface area contributed by atoms with Crippen molar-refractivity contribution in [1.82, 2.24) is 5.32 Å². The molecule has 1 saturated carbocycles. The van der Waals surface area contributed by atoms with Gasteiger partial charge in [-0.15, -0.1) is 0 Å². The molecule has 2 aliphatic rings. The van der Waals surface area contributed by atoms with Gasteiger partial charge in [0.2, 0.25) is 0 Å². The molecule has 2 rings (SSSR count). The molecule has 2 nitrogen and oxygen atoms in total. The van der Waals surface area contributed by atoms with E-state index in [-0.39, 0.29) is 6.10 Å². The number of piperidine rings is 1. The Kier molecular flexibility index (Phi) is 1.66. The van der Waals surface area contributed by atoms with Crippen LogP contribution in [-0.2, 0) is 0 Å². The van der Waals surface area contributed by atoms with Crippen LogP contribution in [0.1, 0.15) is 19.3 Å². The smallest absolute Gasteiger partial charge is 0.0572 e. The number of rotatable bonds is 0. The van der Waals surface area contributed by atoms with E-state index in [1.165, 1.54) is 12.8 Å². The fourth-order valence-corrected chi connectivity index (χ4v) is 2.36. The van der Waals surface area contributed by atoms with E-state index in [4.69, 9.17) is 0 Å². The Morgan fingerprint density at radius 3 is 2.90 bits per heavy atom. The van der Waals surface area contributed by atoms with Crippen molar-refractivity contribution in [3.63, 3.8) is 0 Å². The van der Waals surface area contributed by atoms with Gasteiger partial charge >= 0.3 is 0 Å². The van der Waals surface area contributed by atoms with E-state index in [9.17, 15) is 5.11 Å². The molecule has 0 bridgehead atoms. The maximum absolute atomic E-state index is 9.50. The van der Waals surface area contributed by atoms with Gasteiger partial charge in [-0.05, 0) is 44.2 Å². The molecule has 1 aliphatic heterocycles. The zero-order chi connectivity index (χ0) is 6.97. The van der Waals surface area contributed by atoms with Crippen LogP contribution < -0.4 is 5.32 Å². The number of aliphatic hydroxyl groups is 1. The minimum Gasteiger partial charge on any atom is -0.393 e. The highest BCUT2D eigenvalue weighted by Crippen LogP contribution is 2.35. The van der Waals surface area contributed by atoms with E-state index in [2.05, 4.69) is 5.32 Å². The highest BCUT2D eigenvalue weighted by atomic mass is 16.3. The number of hydrogen-bond acceptors (Lipinski definition) is 2. The minimum atomic E-state index is 0.0205. The molecule has 2 fully saturated rings. The van der Waals surface area contributed by atoms with Crippen molar-refractivity contribution < 1.29 is 5.11 Å². The van der Waals surface area contributed by atoms with Gasteiger partial charge in [-0.2, -0.15) is 0 Å². The van der Waals surface area contributed by atoms with Crippen LogP contribution in [0, 0.1) is 11.8 Å². The molecule has 58 valence electrons. The second kappa shape index (κ2) is 2.51. The fourth-order valence-electron chi connectivity index (χ4n) is 2.36. The average molecular weight is 141 g/mol. The van der Waals surface area contributed by atoms with Crippen molar-refractivity contribution in [3.05, 3.63) is 0 Å². The SMILES string of the molecule is OC1CCC2CNCCC12. The number of hydrogen-bond donors (Lipinski definition) is 2. The zero-order valence-electron chi connectivity index (χ0n) is 6.21. The van der Waals surface area contributed by atoms with Crippen molar-refractivity contribution in [2.45, 2.75) is 25.4 Å². The van der Waals surface area contributed by atoms with E-state index in [1.54, 1.807) is 0 Å². The monoisotopic (exact) mass is 141 g/mol. The van der Waals surface area contributed by atoms with E-state index in [0.717, 1.165) is 25.4 Å². The minimum absolute atomic E-state index is 0.0205. The molecule has 1 aliphatic carbocycles. The number of nitrogens with one attached hydrogen (secondary N) is 1. The molecular weight excluding hydrogens is 126 g/mol. The van der Waals surface area contributed by atoms with Crippen LogP contribution in [-0.4, -0.2) is 24.3 Å². The van der Waals surface area contributed by atoms with Gasteiger partial charge in [-0.3, -0.25) is 0 Å². The summed E-state index contributed by atoms with van der Waals surface area (Å²) in [6.45, 7) is 2.25. The Morgan fingerprint density at radius 2 is 2.10 bits per heavy atom. The van der Waals surface area contributed by atoms with Crippen molar-refractivity contribution in [2.24, 2.45) is 11.8 Å². The second-order valence-electron chi connectivity index (χ2n) is 3.56. The summed E-state index contributed by atoms with van der Waals surface area (Å²) in [5.74, 6) is 1.41. The van der Waals surface area contributed by atoms with Crippen LogP contribution in [0.25, 0.3) is 0 Å². The first kappa shape index (κ1) is 6.62. The molecule has 2 heteroatoms. The summed E-state index contributed by atoms with van der Waals surface area (Å²) in [4.78, 5) is 0. The molecular formula is C8H15NO. The second-order valence-corrected chi connectivity index (χ2v) is 3.56. The fraction of sp³-hybridized carbons (Fsp3) is 1.00. The van der Waals surface area contributed by atoms with Gasteiger partial charge in [-0.1, -0.05) is 0 Å². The number of fused-ring (bicyclic) bond motifs is 1. The summed E-state index contributed by atoms with van der Waals surface area (Å²) in [7, 11) is 0. The molecule has 1 saturated heterocycles. The summed E-state index contributed by atoms with van der Waals surface area (Å²) >= 11 is 0. The molecule has 1 heterocycles. The first-order valence-electron chi connectivity index (χ1n) is 4.26. The topological polar surface area (TPSA) is 32.3 Å². The van der Waals surface area contributed by atoms with E-state index in [0.29, 0.717) is 5.92 Å². The maximum Gasteiger partial charge on any atom is 0.0572 e. The summed E-state index contributed by atoms with van der Waals surface area (Å²) in [6, 6.07) is 0. The summed E-state index contributed by atoms with van der Waals surface area (Å²) in [6.07, 6.45) is 3.48. The molecule has 3 atom stereocenters. The molecule has 2 N–H and O–H groups in total. The summed E-state index contributed by atoms with van der Waals surface area (Å²) < 4.78 is 0. The molecule has 0 amide bonds. The standard InChI is InChI=1S/C8H15NO/c10-8-2-1-6-5-9-4-3-7(6)8/h6-10H,1-5H2. The van der Waals surface area contributed by atoms with Crippen molar-refractivity contribution in [1.29, 1.82) is 0 Å². The largest absolute Gasteiger partial charge is 0.393 e. The van der Waals surface area contributed by atoms with Crippen LogP contribution in [0.2, 0.25) is 0 Å². The molecule has 10 heavy (non-hydrogen) atoms. The van der Waals surface area contributed by atoms with E-state index < -0.39 is 0 Å². The first-order chi connectivity index (χ1) is 4.88. The average Bonchev–Trinajstić information content (AvgIpc) is 2.34. The van der Waals surface area contributed by atoms with Crippen LogP contribution in [0.4, 0.5) is 0 Å². The van der Waals surface area contributed by atoms with Crippen LogP contribution in [0.3, 0.4) is 0 Å². The Morgan fingerprint density at radius 1 is 1.20 bits per heavy atom. The Hall–Kier alpha value is -0.0800. The maximum atomic E-state index is 9.50. The van der Waals surface area contributed by atoms with Gasteiger partial charge in [0.05, 0.1) is 6.10 Å². The third kappa shape index (κ3) is 0.956. The number of aliphatic hydroxyl groups excluding tert-OH is 1. The van der Waals surface area contributed by atoms with Crippen molar-refractivity contribution in [3.8, 4) is 0 Å². The summed E-state index contributed by atoms with van der Waals surface area (Å²) in [5.41, 5.74) is 0. The first-order valence-corrected chi connectivity index (χ1v) is 4.26. The highest BCUT2D eigenvalue weighted by Gasteiger charge is 2.35. The van der Waals surface area contributed by atoms with Gasteiger partial charge in [-0.25, -0.2) is 0 Å². The van der Waals surface area contributed by atoms with Gasteiger partial charge in [0.1, 0.15) is 0 Å². The lowest BCUT2D eigenvalue weighted by atomic mass is 9.89. The van der Waals surface area contributed by atoms with Gasteiger partial charge < -0.3 is 10.4 Å². The molecule has 0 radical (unpaired) electrons. The van der Waals surface area contributed by atoms with Crippen LogP contribution in [0.5, 0.6) is 0 Å². The predicted molar refractivity (Wildman–Crippen MR) is 39.7 cm³/mol. The molecule has 3 unspecified atom stereocenters. The lowest BCUT2D eigenvalue weighted by Crippen LogP contribution is -2.36. The molecule has 0 aromatic carbocycles. The van der Waals surface area contributed by atoms with Crippen molar-refractivity contribution in [2.75, 3.05) is 13.1 Å². The molecule has 0 spiro atoms. The van der Waals surface area contributed by atoms with E-state index >= 15 is 0 Å². The van der Waals surface area contributed by atoms with Crippen molar-refractivity contribution >= 4 is 0 Å².